The van der Waals surface area contributed by atoms with Crippen LogP contribution in [-0.4, -0.2) is 11.6 Å². The summed E-state index contributed by atoms with van der Waals surface area (Å²) in [4.78, 5) is 28.3. The molecule has 5 rings (SSSR count). The van der Waals surface area contributed by atoms with Gasteiger partial charge in [0.25, 0.3) is 0 Å². The van der Waals surface area contributed by atoms with Crippen LogP contribution in [0.1, 0.15) is 31.2 Å². The molecule has 1 aliphatic carbocycles. The average Bonchev–Trinajstić information content (AvgIpc) is 3.39. The normalized spacial score (nSPS) is 12.4. The molecule has 0 atom stereocenters. The number of hydrogen-bond acceptors (Lipinski definition) is 5. The van der Waals surface area contributed by atoms with Crippen molar-refractivity contribution in [3.63, 3.8) is 0 Å². The number of carbonyl (C=O) groups is 2. The van der Waals surface area contributed by atoms with Crippen LogP contribution < -0.4 is 4.90 Å². The molecule has 1 aromatic heterocycles. The maximum absolute atomic E-state index is 12.7. The van der Waals surface area contributed by atoms with E-state index in [1.54, 1.807) is 36.4 Å². The zero-order valence-electron chi connectivity index (χ0n) is 16.9. The number of fused-ring (bicyclic) bond motifs is 1. The Balaban J connectivity index is 1.56. The highest BCUT2D eigenvalue weighted by Gasteiger charge is 2.32. The van der Waals surface area contributed by atoms with Crippen LogP contribution in [0.25, 0.3) is 6.08 Å². The van der Waals surface area contributed by atoms with Gasteiger partial charge in [-0.15, -0.1) is 11.3 Å². The van der Waals surface area contributed by atoms with E-state index >= 15 is 0 Å². The van der Waals surface area contributed by atoms with Gasteiger partial charge < -0.3 is 4.90 Å². The molecule has 0 N–H and O–H groups in total. The smallest absolute Gasteiger partial charge is 0.197 e. The van der Waals surface area contributed by atoms with Crippen LogP contribution in [0.3, 0.4) is 0 Å². The average molecular weight is 433 g/mol. The second-order valence-electron chi connectivity index (χ2n) is 7.27. The molecule has 4 nitrogen and oxygen atoms in total. The fraction of sp³-hybridized carbons (Fsp3) is 0. The lowest BCUT2D eigenvalue weighted by Crippen LogP contribution is -2.08. The van der Waals surface area contributed by atoms with Gasteiger partial charge in [0.05, 0.1) is 17.2 Å². The summed E-state index contributed by atoms with van der Waals surface area (Å²) in [7, 11) is 0. The second-order valence-corrected chi connectivity index (χ2v) is 8.36. The summed E-state index contributed by atoms with van der Waals surface area (Å²) < 4.78 is 0. The minimum Gasteiger partial charge on any atom is -0.302 e. The molecule has 0 saturated carbocycles. The summed E-state index contributed by atoms with van der Waals surface area (Å²) in [5, 5.41) is 10.2. The molecule has 1 aliphatic rings. The van der Waals surface area contributed by atoms with Crippen molar-refractivity contribution in [1.82, 2.24) is 0 Å². The van der Waals surface area contributed by atoms with E-state index in [0.717, 1.165) is 21.3 Å². The summed E-state index contributed by atoms with van der Waals surface area (Å²) in [6.07, 6.45) is 1.67. The Morgan fingerprint density at radius 3 is 2.09 bits per heavy atom. The lowest BCUT2D eigenvalue weighted by atomic mass is 10.1. The number of para-hydroxylation sites is 1. The second kappa shape index (κ2) is 8.10. The molecule has 0 spiro atoms. The maximum Gasteiger partial charge on any atom is 0.197 e. The number of benzene rings is 3. The molecule has 4 aromatic rings. The van der Waals surface area contributed by atoms with Gasteiger partial charge in [0.15, 0.2) is 11.6 Å². The Kier molecular flexibility index (Phi) is 4.98. The minimum atomic E-state index is -0.234. The van der Waals surface area contributed by atoms with Crippen molar-refractivity contribution in [3.05, 3.63) is 118 Å². The topological polar surface area (TPSA) is 61.2 Å². The molecule has 0 saturated heterocycles. The SMILES string of the molecule is N#Cc1cccc(N(c2ccccc2)c2ccc(C=C3C(=O)c4ccccc4C3=O)s2)c1. The van der Waals surface area contributed by atoms with Crippen LogP contribution in [0.15, 0.2) is 96.6 Å². The van der Waals surface area contributed by atoms with Gasteiger partial charge in [0.2, 0.25) is 0 Å². The fourth-order valence-electron chi connectivity index (χ4n) is 3.78. The van der Waals surface area contributed by atoms with Crippen molar-refractivity contribution in [1.29, 1.82) is 5.26 Å². The van der Waals surface area contributed by atoms with E-state index in [9.17, 15) is 14.9 Å². The summed E-state index contributed by atoms with van der Waals surface area (Å²) in [5.41, 5.74) is 3.49. The monoisotopic (exact) mass is 432 g/mol. The first kappa shape index (κ1) is 19.7. The third kappa shape index (κ3) is 3.43. The van der Waals surface area contributed by atoms with Crippen LogP contribution in [-0.2, 0) is 0 Å². The first-order chi connectivity index (χ1) is 15.7. The van der Waals surface area contributed by atoms with Crippen LogP contribution in [0.5, 0.6) is 0 Å². The molecule has 152 valence electrons. The van der Waals surface area contributed by atoms with Crippen molar-refractivity contribution in [2.75, 3.05) is 4.90 Å². The molecule has 3 aromatic carbocycles. The lowest BCUT2D eigenvalue weighted by molar-refractivity contribution is 0.0990. The van der Waals surface area contributed by atoms with E-state index in [2.05, 4.69) is 11.0 Å². The molecule has 0 radical (unpaired) electrons. The van der Waals surface area contributed by atoms with Gasteiger partial charge in [-0.3, -0.25) is 9.59 Å². The van der Waals surface area contributed by atoms with Crippen LogP contribution in [0, 0.1) is 11.3 Å². The zero-order valence-corrected chi connectivity index (χ0v) is 17.7. The number of nitriles is 1. The molecule has 5 heteroatoms. The standard InChI is InChI=1S/C27H16N2O2S/c28-17-18-7-6-10-20(15-18)29(19-8-2-1-3-9-19)25-14-13-21(32-25)16-24-26(30)22-11-4-5-12-23(22)27(24)31/h1-16H. The number of thiophene rings is 1. The Bertz CT molecular complexity index is 1390. The van der Waals surface area contributed by atoms with E-state index in [0.29, 0.717) is 16.7 Å². The molecule has 0 aliphatic heterocycles. The summed E-state index contributed by atoms with van der Waals surface area (Å²) in [6.45, 7) is 0. The highest BCUT2D eigenvalue weighted by Crippen LogP contribution is 2.40. The predicted molar refractivity (Wildman–Crippen MR) is 127 cm³/mol. The van der Waals surface area contributed by atoms with Crippen molar-refractivity contribution < 1.29 is 9.59 Å². The zero-order chi connectivity index (χ0) is 22.1. The summed E-state index contributed by atoms with van der Waals surface area (Å²) in [5.74, 6) is -0.468. The third-order valence-electron chi connectivity index (χ3n) is 5.27. The number of carbonyl (C=O) groups excluding carboxylic acids is 2. The first-order valence-electron chi connectivity index (χ1n) is 10.0. The van der Waals surface area contributed by atoms with Crippen LogP contribution in [0.4, 0.5) is 16.4 Å². The van der Waals surface area contributed by atoms with Gasteiger partial charge in [0.1, 0.15) is 5.00 Å². The van der Waals surface area contributed by atoms with E-state index in [-0.39, 0.29) is 17.1 Å². The number of ketones is 2. The van der Waals surface area contributed by atoms with E-state index in [1.807, 2.05) is 60.7 Å². The fourth-order valence-corrected chi connectivity index (χ4v) is 4.77. The van der Waals surface area contributed by atoms with Crippen LogP contribution in [0.2, 0.25) is 0 Å². The van der Waals surface area contributed by atoms with Gasteiger partial charge in [-0.25, -0.2) is 0 Å². The Morgan fingerprint density at radius 1 is 0.750 bits per heavy atom. The van der Waals surface area contributed by atoms with Crippen molar-refractivity contribution in [3.8, 4) is 6.07 Å². The van der Waals surface area contributed by atoms with Crippen molar-refractivity contribution in [2.24, 2.45) is 0 Å². The molecular formula is C27H16N2O2S. The van der Waals surface area contributed by atoms with Gasteiger partial charge in [0, 0.05) is 27.4 Å². The number of Topliss-reactive ketones (excluding diaryl/α,β-unsaturated/α-hetero) is 2. The van der Waals surface area contributed by atoms with E-state index in [1.165, 1.54) is 11.3 Å². The molecule has 1 heterocycles. The number of hydrogen-bond donors (Lipinski definition) is 0. The Labute approximate surface area is 189 Å². The Morgan fingerprint density at radius 2 is 1.41 bits per heavy atom. The largest absolute Gasteiger partial charge is 0.302 e. The number of allylic oxidation sites excluding steroid dienone is 1. The van der Waals surface area contributed by atoms with Gasteiger partial charge in [-0.1, -0.05) is 48.5 Å². The highest BCUT2D eigenvalue weighted by molar-refractivity contribution is 7.17. The molecule has 0 fully saturated rings. The highest BCUT2D eigenvalue weighted by atomic mass is 32.1. The van der Waals surface area contributed by atoms with E-state index < -0.39 is 0 Å². The van der Waals surface area contributed by atoms with Crippen molar-refractivity contribution in [2.45, 2.75) is 0 Å². The molecule has 0 bridgehead atoms. The first-order valence-corrected chi connectivity index (χ1v) is 10.8. The van der Waals surface area contributed by atoms with Gasteiger partial charge in [-0.2, -0.15) is 5.26 Å². The predicted octanol–water partition coefficient (Wildman–Crippen LogP) is 6.55. The molecule has 0 amide bonds. The minimum absolute atomic E-state index is 0.192. The Hall–Kier alpha value is -4.27. The molecule has 0 unspecified atom stereocenters. The lowest BCUT2D eigenvalue weighted by Gasteiger charge is -2.23. The summed E-state index contributed by atoms with van der Waals surface area (Å²) in [6, 6.07) is 30.2. The number of rotatable bonds is 4. The van der Waals surface area contributed by atoms with E-state index in [4.69, 9.17) is 0 Å². The summed E-state index contributed by atoms with van der Waals surface area (Å²) >= 11 is 1.48. The maximum atomic E-state index is 12.7. The quantitative estimate of drug-likeness (QED) is 0.271. The third-order valence-corrected chi connectivity index (χ3v) is 6.29. The molecule has 32 heavy (non-hydrogen) atoms. The van der Waals surface area contributed by atoms with Gasteiger partial charge in [-0.05, 0) is 48.5 Å². The van der Waals surface area contributed by atoms with Crippen molar-refractivity contribution >= 4 is 45.4 Å². The van der Waals surface area contributed by atoms with Gasteiger partial charge >= 0.3 is 0 Å². The molecular weight excluding hydrogens is 416 g/mol. The number of anilines is 3. The number of nitrogens with zero attached hydrogens (tertiary/aromatic N) is 2. The van der Waals surface area contributed by atoms with Crippen LogP contribution >= 0.6 is 11.3 Å².